The third-order valence-electron chi connectivity index (χ3n) is 4.34. The Morgan fingerprint density at radius 1 is 1.22 bits per heavy atom. The van der Waals surface area contributed by atoms with Crippen LogP contribution in [0.5, 0.6) is 0 Å². The van der Waals surface area contributed by atoms with Gasteiger partial charge in [0.15, 0.2) is 0 Å². The summed E-state index contributed by atoms with van der Waals surface area (Å²) in [6.07, 6.45) is 3.69. The fourth-order valence-corrected chi connectivity index (χ4v) is 3.37. The van der Waals surface area contributed by atoms with Crippen LogP contribution < -0.4 is 10.2 Å². The molecular formula is C12H18N4O2. The molecule has 1 N–H and O–H groups in total. The number of morpholine rings is 1. The molecule has 4 heterocycles. The molecule has 3 atom stereocenters. The number of nitrogens with zero attached hydrogens (tertiary/aromatic N) is 3. The Kier molecular flexibility index (Phi) is 2.51. The Morgan fingerprint density at radius 2 is 2.11 bits per heavy atom. The van der Waals surface area contributed by atoms with Gasteiger partial charge in [-0.1, -0.05) is 0 Å². The van der Waals surface area contributed by atoms with Gasteiger partial charge in [-0.3, -0.25) is 0 Å². The van der Waals surface area contributed by atoms with Crippen LogP contribution in [0, 0.1) is 0 Å². The molecule has 98 valence electrons. The first-order valence-corrected chi connectivity index (χ1v) is 6.82. The Hall–Kier alpha value is -1.14. The minimum absolute atomic E-state index is 0.422. The number of nitrogens with one attached hydrogen (secondary N) is 1. The molecule has 18 heavy (non-hydrogen) atoms. The lowest BCUT2D eigenvalue weighted by atomic mass is 9.89. The van der Waals surface area contributed by atoms with Gasteiger partial charge in [0.25, 0.3) is 5.95 Å². The van der Waals surface area contributed by atoms with E-state index in [1.807, 2.05) is 0 Å². The molecule has 1 aromatic rings. The third-order valence-corrected chi connectivity index (χ3v) is 4.34. The topological polar surface area (TPSA) is 63.4 Å². The summed E-state index contributed by atoms with van der Waals surface area (Å²) in [6, 6.07) is 1.21. The first-order chi connectivity index (χ1) is 8.90. The van der Waals surface area contributed by atoms with E-state index >= 15 is 0 Å². The fraction of sp³-hybridized carbons (Fsp3) is 0.833. The van der Waals surface area contributed by atoms with E-state index in [1.54, 1.807) is 0 Å². The van der Waals surface area contributed by atoms with E-state index in [-0.39, 0.29) is 0 Å². The molecule has 3 aliphatic heterocycles. The first-order valence-electron chi connectivity index (χ1n) is 6.82. The number of anilines is 1. The second-order valence-electron chi connectivity index (χ2n) is 5.42. The molecule has 3 aliphatic rings. The van der Waals surface area contributed by atoms with E-state index in [4.69, 9.17) is 9.26 Å². The van der Waals surface area contributed by atoms with Crippen molar-refractivity contribution in [3.8, 4) is 0 Å². The van der Waals surface area contributed by atoms with Crippen molar-refractivity contribution in [3.05, 3.63) is 5.89 Å². The summed E-state index contributed by atoms with van der Waals surface area (Å²) >= 11 is 0. The zero-order valence-electron chi connectivity index (χ0n) is 10.3. The normalized spacial score (nSPS) is 35.3. The van der Waals surface area contributed by atoms with Gasteiger partial charge in [-0.2, -0.15) is 4.98 Å². The summed E-state index contributed by atoms with van der Waals surface area (Å²) in [5.41, 5.74) is 0. The van der Waals surface area contributed by atoms with Crippen molar-refractivity contribution >= 4 is 5.95 Å². The maximum atomic E-state index is 5.47. The van der Waals surface area contributed by atoms with E-state index in [1.165, 1.54) is 12.8 Å². The van der Waals surface area contributed by atoms with Gasteiger partial charge >= 0.3 is 0 Å². The first kappa shape index (κ1) is 10.8. The monoisotopic (exact) mass is 250 g/mol. The fourth-order valence-electron chi connectivity index (χ4n) is 3.37. The van der Waals surface area contributed by atoms with Crippen LogP contribution in [0.4, 0.5) is 5.95 Å². The van der Waals surface area contributed by atoms with E-state index in [2.05, 4.69) is 20.4 Å². The highest BCUT2D eigenvalue weighted by Gasteiger charge is 2.42. The molecule has 0 spiro atoms. The minimum Gasteiger partial charge on any atom is -0.378 e. The van der Waals surface area contributed by atoms with Crippen LogP contribution in [0.25, 0.3) is 0 Å². The van der Waals surface area contributed by atoms with Crippen molar-refractivity contribution < 1.29 is 9.26 Å². The lowest BCUT2D eigenvalue weighted by Gasteiger charge is -2.24. The molecule has 3 fully saturated rings. The molecule has 0 aliphatic carbocycles. The lowest BCUT2D eigenvalue weighted by Crippen LogP contribution is -2.36. The van der Waals surface area contributed by atoms with E-state index in [9.17, 15) is 0 Å². The molecule has 2 bridgehead atoms. The number of fused-ring (bicyclic) bond motifs is 2. The van der Waals surface area contributed by atoms with E-state index < -0.39 is 0 Å². The zero-order chi connectivity index (χ0) is 11.9. The summed E-state index contributed by atoms with van der Waals surface area (Å²) < 4.78 is 10.8. The van der Waals surface area contributed by atoms with Crippen LogP contribution in [0.15, 0.2) is 4.52 Å². The standard InChI is InChI=1S/C12H18N4O2/c1-2-10-9(7-8(1)13-10)11-14-12(15-18-11)16-3-5-17-6-4-16/h8-10,13H,1-7H2. The molecule has 1 aromatic heterocycles. The predicted octanol–water partition coefficient (Wildman–Crippen LogP) is 0.514. The van der Waals surface area contributed by atoms with Gasteiger partial charge in [0.05, 0.1) is 19.1 Å². The third kappa shape index (κ3) is 1.71. The summed E-state index contributed by atoms with van der Waals surface area (Å²) in [5.74, 6) is 1.97. The molecule has 6 heteroatoms. The van der Waals surface area contributed by atoms with Crippen molar-refractivity contribution in [2.75, 3.05) is 31.2 Å². The SMILES string of the molecule is C1CN(c2noc(C3CC4CCC3N4)n2)CCO1. The number of ether oxygens (including phenoxy) is 1. The number of hydrogen-bond donors (Lipinski definition) is 1. The van der Waals surface area contributed by atoms with Crippen LogP contribution in [0.2, 0.25) is 0 Å². The van der Waals surface area contributed by atoms with Gasteiger partial charge in [-0.25, -0.2) is 0 Å². The molecule has 3 saturated heterocycles. The Morgan fingerprint density at radius 3 is 2.83 bits per heavy atom. The van der Waals surface area contributed by atoms with Gasteiger partial charge < -0.3 is 19.5 Å². The summed E-state index contributed by atoms with van der Waals surface area (Å²) in [4.78, 5) is 6.72. The second kappa shape index (κ2) is 4.20. The molecule has 0 amide bonds. The Balaban J connectivity index is 1.51. The second-order valence-corrected chi connectivity index (χ2v) is 5.42. The highest BCUT2D eigenvalue weighted by Crippen LogP contribution is 2.39. The number of hydrogen-bond acceptors (Lipinski definition) is 6. The summed E-state index contributed by atoms with van der Waals surface area (Å²) in [7, 11) is 0. The largest absolute Gasteiger partial charge is 0.378 e. The van der Waals surface area contributed by atoms with Crippen LogP contribution in [0.1, 0.15) is 31.1 Å². The van der Waals surface area contributed by atoms with Crippen LogP contribution in [-0.2, 0) is 4.74 Å². The van der Waals surface area contributed by atoms with Gasteiger partial charge in [0, 0.05) is 25.2 Å². The van der Waals surface area contributed by atoms with Crippen molar-refractivity contribution in [2.45, 2.75) is 37.3 Å². The van der Waals surface area contributed by atoms with Gasteiger partial charge in [-0.15, -0.1) is 0 Å². The zero-order valence-corrected chi connectivity index (χ0v) is 10.3. The average Bonchev–Trinajstić information content (AvgIpc) is 3.15. The maximum Gasteiger partial charge on any atom is 0.266 e. The van der Waals surface area contributed by atoms with E-state index in [0.717, 1.165) is 44.6 Å². The lowest BCUT2D eigenvalue weighted by molar-refractivity contribution is 0.121. The molecule has 3 unspecified atom stereocenters. The molecule has 6 nitrogen and oxygen atoms in total. The molecule has 0 aromatic carbocycles. The Bertz CT molecular complexity index is 429. The van der Waals surface area contributed by atoms with Gasteiger partial charge in [-0.05, 0) is 24.4 Å². The van der Waals surface area contributed by atoms with Crippen molar-refractivity contribution in [3.63, 3.8) is 0 Å². The molecular weight excluding hydrogens is 232 g/mol. The Labute approximate surface area is 106 Å². The van der Waals surface area contributed by atoms with Gasteiger partial charge in [0.1, 0.15) is 0 Å². The number of aromatic nitrogens is 2. The van der Waals surface area contributed by atoms with Crippen LogP contribution in [0.3, 0.4) is 0 Å². The van der Waals surface area contributed by atoms with Crippen LogP contribution >= 0.6 is 0 Å². The van der Waals surface area contributed by atoms with Crippen LogP contribution in [-0.4, -0.2) is 48.5 Å². The van der Waals surface area contributed by atoms with Gasteiger partial charge in [0.2, 0.25) is 5.89 Å². The smallest absolute Gasteiger partial charge is 0.266 e. The average molecular weight is 250 g/mol. The summed E-state index contributed by atoms with van der Waals surface area (Å²) in [6.45, 7) is 3.21. The maximum absolute atomic E-state index is 5.47. The molecule has 0 saturated carbocycles. The van der Waals surface area contributed by atoms with E-state index in [0.29, 0.717) is 18.0 Å². The highest BCUT2D eigenvalue weighted by atomic mass is 16.5. The van der Waals surface area contributed by atoms with Crippen molar-refractivity contribution in [1.82, 2.24) is 15.5 Å². The molecule has 0 radical (unpaired) electrons. The van der Waals surface area contributed by atoms with Crippen molar-refractivity contribution in [2.24, 2.45) is 0 Å². The minimum atomic E-state index is 0.422. The van der Waals surface area contributed by atoms with Crippen molar-refractivity contribution in [1.29, 1.82) is 0 Å². The quantitative estimate of drug-likeness (QED) is 0.825. The summed E-state index contributed by atoms with van der Waals surface area (Å²) in [5, 5.41) is 7.73. The molecule has 4 rings (SSSR count). The predicted molar refractivity (Wildman–Crippen MR) is 64.6 cm³/mol. The highest BCUT2D eigenvalue weighted by molar-refractivity contribution is 5.29. The number of rotatable bonds is 2.